The standard InChI is InChI=1S/C9H12N6S/c1-6-12-7(14-10)5-8(13-6)16-9-11-3-4-15(9)2/h3-5H,10H2,1-2H3,(H,12,13,14). The molecule has 0 saturated carbocycles. The molecular formula is C9H12N6S. The fraction of sp³-hybridized carbons (Fsp3) is 0.222. The average molecular weight is 236 g/mol. The summed E-state index contributed by atoms with van der Waals surface area (Å²) in [5.74, 6) is 6.59. The van der Waals surface area contributed by atoms with Gasteiger partial charge in [-0.25, -0.2) is 20.8 Å². The van der Waals surface area contributed by atoms with Crippen LogP contribution in [-0.2, 0) is 7.05 Å². The number of nitrogens with zero attached hydrogens (tertiary/aromatic N) is 4. The van der Waals surface area contributed by atoms with Gasteiger partial charge < -0.3 is 9.99 Å². The predicted octanol–water partition coefficient (Wildman–Crippen LogP) is 0.955. The van der Waals surface area contributed by atoms with E-state index < -0.39 is 0 Å². The fourth-order valence-corrected chi connectivity index (χ4v) is 2.06. The largest absolute Gasteiger partial charge is 0.329 e. The molecule has 6 nitrogen and oxygen atoms in total. The number of nitrogen functional groups attached to an aromatic ring is 1. The summed E-state index contributed by atoms with van der Waals surface area (Å²) in [6, 6.07) is 1.78. The number of hydrazine groups is 1. The van der Waals surface area contributed by atoms with Gasteiger partial charge in [0.25, 0.3) is 0 Å². The minimum atomic E-state index is 0.601. The predicted molar refractivity (Wildman–Crippen MR) is 61.9 cm³/mol. The minimum absolute atomic E-state index is 0.601. The Labute approximate surface area is 97.3 Å². The summed E-state index contributed by atoms with van der Waals surface area (Å²) in [4.78, 5) is 12.6. The fourth-order valence-electron chi connectivity index (χ4n) is 1.21. The van der Waals surface area contributed by atoms with E-state index in [1.807, 2.05) is 24.7 Å². The third-order valence-corrected chi connectivity index (χ3v) is 2.93. The SMILES string of the molecule is Cc1nc(NN)cc(Sc2nccn2C)n1. The third-order valence-electron chi connectivity index (χ3n) is 1.94. The number of hydrogen-bond donors (Lipinski definition) is 2. The number of rotatable bonds is 3. The van der Waals surface area contributed by atoms with E-state index in [9.17, 15) is 0 Å². The number of nitrogens with one attached hydrogen (secondary N) is 1. The number of nitrogens with two attached hydrogens (primary N) is 1. The average Bonchev–Trinajstić information content (AvgIpc) is 2.63. The zero-order valence-electron chi connectivity index (χ0n) is 9.01. The van der Waals surface area contributed by atoms with Gasteiger partial charge >= 0.3 is 0 Å². The molecule has 0 amide bonds. The van der Waals surface area contributed by atoms with Crippen molar-refractivity contribution in [3.63, 3.8) is 0 Å². The summed E-state index contributed by atoms with van der Waals surface area (Å²) >= 11 is 1.47. The van der Waals surface area contributed by atoms with Crippen LogP contribution in [0.2, 0.25) is 0 Å². The molecule has 0 fully saturated rings. The molecule has 0 saturated heterocycles. The molecule has 0 radical (unpaired) electrons. The van der Waals surface area contributed by atoms with Crippen molar-refractivity contribution in [2.24, 2.45) is 12.9 Å². The van der Waals surface area contributed by atoms with Gasteiger partial charge in [0.05, 0.1) is 0 Å². The number of aryl methyl sites for hydroxylation is 2. The van der Waals surface area contributed by atoms with Crippen LogP contribution in [0, 0.1) is 6.92 Å². The van der Waals surface area contributed by atoms with E-state index in [0.29, 0.717) is 11.6 Å². The van der Waals surface area contributed by atoms with E-state index in [1.54, 1.807) is 12.3 Å². The van der Waals surface area contributed by atoms with Gasteiger partial charge in [0.15, 0.2) is 5.16 Å². The summed E-state index contributed by atoms with van der Waals surface area (Å²) in [7, 11) is 1.94. The lowest BCUT2D eigenvalue weighted by molar-refractivity contribution is 0.787. The van der Waals surface area contributed by atoms with Crippen molar-refractivity contribution >= 4 is 17.6 Å². The van der Waals surface area contributed by atoms with Crippen LogP contribution < -0.4 is 11.3 Å². The van der Waals surface area contributed by atoms with Gasteiger partial charge in [-0.3, -0.25) is 0 Å². The van der Waals surface area contributed by atoms with Gasteiger partial charge in [0.2, 0.25) is 0 Å². The maximum Gasteiger partial charge on any atom is 0.174 e. The maximum atomic E-state index is 5.32. The Hall–Kier alpha value is -1.60. The quantitative estimate of drug-likeness (QED) is 0.469. The Balaban J connectivity index is 2.28. The molecule has 0 aliphatic rings. The van der Waals surface area contributed by atoms with Crippen LogP contribution in [0.4, 0.5) is 5.82 Å². The smallest absolute Gasteiger partial charge is 0.174 e. The van der Waals surface area contributed by atoms with Gasteiger partial charge in [0.1, 0.15) is 16.7 Å². The highest BCUT2D eigenvalue weighted by Crippen LogP contribution is 2.25. The van der Waals surface area contributed by atoms with Gasteiger partial charge in [-0.2, -0.15) is 0 Å². The lowest BCUT2D eigenvalue weighted by Gasteiger charge is -2.04. The van der Waals surface area contributed by atoms with Crippen molar-refractivity contribution in [3.8, 4) is 0 Å². The highest BCUT2D eigenvalue weighted by Gasteiger charge is 2.06. The third kappa shape index (κ3) is 2.31. The Morgan fingerprint density at radius 2 is 2.25 bits per heavy atom. The minimum Gasteiger partial charge on any atom is -0.329 e. The molecule has 0 bridgehead atoms. The van der Waals surface area contributed by atoms with Crippen molar-refractivity contribution in [1.29, 1.82) is 0 Å². The normalized spacial score (nSPS) is 10.4. The molecule has 2 rings (SSSR count). The van der Waals surface area contributed by atoms with Gasteiger partial charge in [0, 0.05) is 25.5 Å². The van der Waals surface area contributed by atoms with Crippen molar-refractivity contribution in [1.82, 2.24) is 19.5 Å². The van der Waals surface area contributed by atoms with Crippen LogP contribution in [0.25, 0.3) is 0 Å². The van der Waals surface area contributed by atoms with E-state index in [1.165, 1.54) is 11.8 Å². The molecule has 0 aromatic carbocycles. The van der Waals surface area contributed by atoms with Crippen LogP contribution in [0.5, 0.6) is 0 Å². The number of anilines is 1. The topological polar surface area (TPSA) is 81.6 Å². The van der Waals surface area contributed by atoms with E-state index in [-0.39, 0.29) is 0 Å². The molecule has 2 aromatic heterocycles. The molecule has 2 heterocycles. The lowest BCUT2D eigenvalue weighted by atomic mass is 10.5. The van der Waals surface area contributed by atoms with Crippen molar-refractivity contribution in [2.45, 2.75) is 17.1 Å². The first-order valence-electron chi connectivity index (χ1n) is 4.66. The molecule has 0 unspecified atom stereocenters. The molecule has 84 valence electrons. The summed E-state index contributed by atoms with van der Waals surface area (Å²) in [6.07, 6.45) is 3.64. The molecule has 3 N–H and O–H groups in total. The molecular weight excluding hydrogens is 224 g/mol. The van der Waals surface area contributed by atoms with E-state index >= 15 is 0 Å². The first-order chi connectivity index (χ1) is 7.69. The Morgan fingerprint density at radius 1 is 1.44 bits per heavy atom. The summed E-state index contributed by atoms with van der Waals surface area (Å²) in [6.45, 7) is 1.82. The van der Waals surface area contributed by atoms with Gasteiger partial charge in [-0.05, 0) is 18.7 Å². The van der Waals surface area contributed by atoms with Crippen molar-refractivity contribution in [3.05, 3.63) is 24.3 Å². The van der Waals surface area contributed by atoms with E-state index in [0.717, 1.165) is 10.2 Å². The highest BCUT2D eigenvalue weighted by atomic mass is 32.2. The van der Waals surface area contributed by atoms with Gasteiger partial charge in [-0.1, -0.05) is 0 Å². The Bertz CT molecular complexity index is 494. The Morgan fingerprint density at radius 3 is 2.88 bits per heavy atom. The van der Waals surface area contributed by atoms with Crippen LogP contribution in [0.15, 0.2) is 28.6 Å². The number of hydrogen-bond acceptors (Lipinski definition) is 6. The molecule has 16 heavy (non-hydrogen) atoms. The molecule has 0 aliphatic carbocycles. The molecule has 2 aromatic rings. The lowest BCUT2D eigenvalue weighted by Crippen LogP contribution is -2.09. The van der Waals surface area contributed by atoms with E-state index in [2.05, 4.69) is 20.4 Å². The summed E-state index contributed by atoms with van der Waals surface area (Å²) < 4.78 is 1.93. The molecule has 0 aliphatic heterocycles. The summed E-state index contributed by atoms with van der Waals surface area (Å²) in [5.41, 5.74) is 2.51. The van der Waals surface area contributed by atoms with Gasteiger partial charge in [-0.15, -0.1) is 0 Å². The first-order valence-corrected chi connectivity index (χ1v) is 5.48. The van der Waals surface area contributed by atoms with Crippen molar-refractivity contribution in [2.75, 3.05) is 5.43 Å². The second-order valence-corrected chi connectivity index (χ2v) is 4.19. The number of imidazole rings is 1. The summed E-state index contributed by atoms with van der Waals surface area (Å²) in [5, 5.41) is 1.69. The molecule has 0 spiro atoms. The zero-order chi connectivity index (χ0) is 11.5. The maximum absolute atomic E-state index is 5.32. The molecule has 0 atom stereocenters. The second-order valence-electron chi connectivity index (χ2n) is 3.21. The van der Waals surface area contributed by atoms with Crippen LogP contribution in [-0.4, -0.2) is 19.5 Å². The van der Waals surface area contributed by atoms with Crippen molar-refractivity contribution < 1.29 is 0 Å². The number of aromatic nitrogens is 4. The second kappa shape index (κ2) is 4.50. The Kier molecular flexibility index (Phi) is 3.07. The van der Waals surface area contributed by atoms with Crippen LogP contribution in [0.1, 0.15) is 5.82 Å². The monoisotopic (exact) mass is 236 g/mol. The first kappa shape index (κ1) is 10.9. The van der Waals surface area contributed by atoms with E-state index in [4.69, 9.17) is 5.84 Å². The van der Waals surface area contributed by atoms with Crippen LogP contribution in [0.3, 0.4) is 0 Å². The molecule has 7 heteroatoms. The zero-order valence-corrected chi connectivity index (χ0v) is 9.82. The highest BCUT2D eigenvalue weighted by molar-refractivity contribution is 7.99. The van der Waals surface area contributed by atoms with Crippen LogP contribution >= 0.6 is 11.8 Å².